The summed E-state index contributed by atoms with van der Waals surface area (Å²) >= 11 is 0. The summed E-state index contributed by atoms with van der Waals surface area (Å²) in [4.78, 5) is 26.0. The zero-order valence-corrected chi connectivity index (χ0v) is 20.6. The molecule has 3 aromatic carbocycles. The van der Waals surface area contributed by atoms with E-state index in [2.05, 4.69) is 0 Å². The highest BCUT2D eigenvalue weighted by Gasteiger charge is 2.19. The van der Waals surface area contributed by atoms with Crippen molar-refractivity contribution < 1.29 is 25.2 Å². The van der Waals surface area contributed by atoms with Crippen molar-refractivity contribution in [3.63, 3.8) is 0 Å². The van der Waals surface area contributed by atoms with Gasteiger partial charge in [-0.2, -0.15) is 0 Å². The number of carbonyl (C=O) groups excluding carboxylic acids is 1. The maximum Gasteiger partial charge on any atom is 0.303 e. The Hall–Kier alpha value is -4.32. The van der Waals surface area contributed by atoms with Gasteiger partial charge in [-0.15, -0.1) is 0 Å². The Labute approximate surface area is 218 Å². The van der Waals surface area contributed by atoms with Crippen molar-refractivity contribution in [2.24, 2.45) is 0 Å². The number of aliphatic carboxylic acids is 1. The highest BCUT2D eigenvalue weighted by Crippen LogP contribution is 2.24. The summed E-state index contributed by atoms with van der Waals surface area (Å²) in [5.41, 5.74) is 3.87. The molecule has 1 heterocycles. The van der Waals surface area contributed by atoms with Crippen molar-refractivity contribution in [1.82, 2.24) is 4.90 Å². The number of hydrogen-bond acceptors (Lipinski definition) is 4. The fraction of sp³-hybridized carbons (Fsp3) is 0.226. The molecule has 1 N–H and O–H groups in total. The van der Waals surface area contributed by atoms with Crippen LogP contribution in [0.2, 0.25) is 0 Å². The van der Waals surface area contributed by atoms with Crippen LogP contribution in [0.4, 0.5) is 0 Å². The number of para-hydroxylation sites is 1. The van der Waals surface area contributed by atoms with Crippen LogP contribution in [0.25, 0.3) is 11.1 Å². The Kier molecular flexibility index (Phi) is 8.64. The van der Waals surface area contributed by atoms with Crippen LogP contribution in [0.1, 0.15) is 48.5 Å². The number of unbranched alkanes of at least 4 members (excludes halogenated alkanes) is 2. The predicted molar refractivity (Wildman–Crippen MR) is 142 cm³/mol. The van der Waals surface area contributed by atoms with Gasteiger partial charge in [-0.1, -0.05) is 60.7 Å². The highest BCUT2D eigenvalue weighted by atomic mass is 16.5. The number of carboxylic acid groups (broad SMARTS) is 1. The number of hydrogen-bond donors (Lipinski definition) is 1. The summed E-state index contributed by atoms with van der Waals surface area (Å²) in [7, 11) is 0. The third-order valence-corrected chi connectivity index (χ3v) is 5.95. The number of rotatable bonds is 13. The molecule has 0 bridgehead atoms. The summed E-state index contributed by atoms with van der Waals surface area (Å²) in [6, 6.07) is 26.1. The first-order valence-corrected chi connectivity index (χ1v) is 12.4. The topological polar surface area (TPSA) is 80.0 Å². The smallest absolute Gasteiger partial charge is 0.303 e. The molecule has 37 heavy (non-hydrogen) atoms. The molecule has 190 valence electrons. The van der Waals surface area contributed by atoms with Gasteiger partial charge in [-0.3, -0.25) is 9.59 Å². The van der Waals surface area contributed by atoms with Crippen molar-refractivity contribution >= 4 is 11.9 Å². The van der Waals surface area contributed by atoms with Crippen LogP contribution in [-0.4, -0.2) is 28.5 Å². The van der Waals surface area contributed by atoms with E-state index in [4.69, 9.17) is 15.6 Å². The average molecular weight is 499 g/mol. The monoisotopic (exact) mass is 498 g/mol. The average Bonchev–Trinajstić information content (AvgIpc) is 3.49. The minimum atomic E-state index is -1.00. The van der Waals surface area contributed by atoms with E-state index in [0.717, 1.165) is 23.1 Å². The van der Waals surface area contributed by atoms with Crippen molar-refractivity contribution in [2.45, 2.75) is 38.7 Å². The number of carbonyl (C=O) groups is 2. The predicted octanol–water partition coefficient (Wildman–Crippen LogP) is 6.81. The van der Waals surface area contributed by atoms with E-state index in [0.29, 0.717) is 36.3 Å². The minimum Gasteiger partial charge on any atom is -0.493 e. The normalized spacial score (nSPS) is 11.9. The number of carboxylic acids is 1. The molecule has 0 saturated heterocycles. The van der Waals surface area contributed by atoms with Crippen LogP contribution in [-0.2, 0) is 17.9 Å². The van der Waals surface area contributed by atoms with Crippen LogP contribution >= 0.6 is 0 Å². The maximum atomic E-state index is 13.8. The third kappa shape index (κ3) is 7.58. The van der Waals surface area contributed by atoms with Crippen molar-refractivity contribution in [1.29, 1.82) is 0 Å². The lowest BCUT2D eigenvalue weighted by atomic mass is 10.1. The molecule has 6 nitrogen and oxygen atoms in total. The SMILES string of the molecule is [2H]C(c1ccccc1OCCCCCC(=O)O)N(Cc1ccccc1)C(=O)c1ccc(-c2ccoc2)cc1. The molecule has 1 atom stereocenters. The van der Waals surface area contributed by atoms with Gasteiger partial charge in [-0.05, 0) is 54.7 Å². The summed E-state index contributed by atoms with van der Waals surface area (Å²) < 4.78 is 20.3. The molecule has 0 aliphatic rings. The fourth-order valence-electron chi connectivity index (χ4n) is 3.98. The van der Waals surface area contributed by atoms with Gasteiger partial charge in [0.1, 0.15) is 5.75 Å². The zero-order chi connectivity index (χ0) is 26.7. The quantitative estimate of drug-likeness (QED) is 0.205. The van der Waals surface area contributed by atoms with Gasteiger partial charge in [0.25, 0.3) is 5.91 Å². The Morgan fingerprint density at radius 3 is 2.35 bits per heavy atom. The summed E-state index contributed by atoms with van der Waals surface area (Å²) in [6.45, 7) is -0.328. The molecule has 1 amide bonds. The Morgan fingerprint density at radius 1 is 0.865 bits per heavy atom. The standard InChI is InChI=1S/C31H31NO5/c33-30(34)13-5-2-8-19-37-29-12-7-6-11-27(29)22-32(21-24-9-3-1-4-10-24)31(35)26-16-14-25(15-17-26)28-18-20-36-23-28/h1,3-4,6-7,9-12,14-18,20,23H,2,5,8,13,19,21-22H2,(H,33,34)/i22D. The molecule has 0 saturated carbocycles. The number of ether oxygens (including phenoxy) is 1. The van der Waals surface area contributed by atoms with Crippen LogP contribution < -0.4 is 4.74 Å². The second-order valence-corrected chi connectivity index (χ2v) is 8.73. The van der Waals surface area contributed by atoms with E-state index in [1.54, 1.807) is 30.7 Å². The van der Waals surface area contributed by atoms with Gasteiger partial charge in [0, 0.05) is 36.2 Å². The van der Waals surface area contributed by atoms with Gasteiger partial charge < -0.3 is 19.2 Å². The molecular weight excluding hydrogens is 466 g/mol. The first-order valence-electron chi connectivity index (χ1n) is 12.9. The lowest BCUT2D eigenvalue weighted by molar-refractivity contribution is -0.137. The fourth-order valence-corrected chi connectivity index (χ4v) is 3.98. The third-order valence-electron chi connectivity index (χ3n) is 5.95. The summed E-state index contributed by atoms with van der Waals surface area (Å²) in [6.07, 6.45) is 5.45. The second kappa shape index (κ2) is 13.1. The van der Waals surface area contributed by atoms with E-state index in [1.165, 1.54) is 4.90 Å². The molecule has 0 spiro atoms. The van der Waals surface area contributed by atoms with Crippen LogP contribution in [0.3, 0.4) is 0 Å². The zero-order valence-electron chi connectivity index (χ0n) is 21.6. The van der Waals surface area contributed by atoms with Gasteiger partial charge in [0.15, 0.2) is 0 Å². The van der Waals surface area contributed by atoms with Crippen molar-refractivity contribution in [3.8, 4) is 16.9 Å². The van der Waals surface area contributed by atoms with E-state index >= 15 is 0 Å². The molecule has 4 aromatic rings. The summed E-state index contributed by atoms with van der Waals surface area (Å²) in [5.74, 6) is -0.504. The number of furan rings is 1. The van der Waals surface area contributed by atoms with E-state index < -0.39 is 12.5 Å². The molecule has 1 aromatic heterocycles. The Morgan fingerprint density at radius 2 is 1.62 bits per heavy atom. The van der Waals surface area contributed by atoms with Gasteiger partial charge in [0.2, 0.25) is 0 Å². The van der Waals surface area contributed by atoms with Gasteiger partial charge >= 0.3 is 5.97 Å². The van der Waals surface area contributed by atoms with Crippen molar-refractivity contribution in [2.75, 3.05) is 6.61 Å². The van der Waals surface area contributed by atoms with Crippen molar-refractivity contribution in [3.05, 3.63) is 114 Å². The van der Waals surface area contributed by atoms with Gasteiger partial charge in [-0.25, -0.2) is 0 Å². The second-order valence-electron chi connectivity index (χ2n) is 8.73. The summed E-state index contributed by atoms with van der Waals surface area (Å²) in [5, 5.41) is 8.80. The van der Waals surface area contributed by atoms with Crippen LogP contribution in [0.5, 0.6) is 5.75 Å². The molecule has 1 unspecified atom stereocenters. The molecule has 0 radical (unpaired) electrons. The van der Waals surface area contributed by atoms with E-state index in [9.17, 15) is 9.59 Å². The lowest BCUT2D eigenvalue weighted by Gasteiger charge is -2.24. The largest absolute Gasteiger partial charge is 0.493 e. The number of benzene rings is 3. The Bertz CT molecular complexity index is 1310. The lowest BCUT2D eigenvalue weighted by Crippen LogP contribution is -2.30. The first-order chi connectivity index (χ1) is 18.5. The Balaban J connectivity index is 1.53. The van der Waals surface area contributed by atoms with Crippen LogP contribution in [0.15, 0.2) is 102 Å². The molecule has 0 aliphatic heterocycles. The minimum absolute atomic E-state index is 0.144. The number of nitrogens with zero attached hydrogens (tertiary/aromatic N) is 1. The van der Waals surface area contributed by atoms with E-state index in [-0.39, 0.29) is 18.9 Å². The van der Waals surface area contributed by atoms with Crippen LogP contribution in [0, 0.1) is 0 Å². The number of amides is 1. The molecular formula is C31H31NO5. The molecule has 4 rings (SSSR count). The highest BCUT2D eigenvalue weighted by molar-refractivity contribution is 5.94. The molecule has 0 aliphatic carbocycles. The molecule has 0 fully saturated rings. The first kappa shape index (κ1) is 24.4. The maximum absolute atomic E-state index is 13.8. The van der Waals surface area contributed by atoms with E-state index in [1.807, 2.05) is 66.7 Å². The molecule has 6 heteroatoms. The van der Waals surface area contributed by atoms with Gasteiger partial charge in [0.05, 0.1) is 20.5 Å².